The van der Waals surface area contributed by atoms with E-state index < -0.39 is 6.10 Å². The van der Waals surface area contributed by atoms with Gasteiger partial charge in [0.15, 0.2) is 0 Å². The normalized spacial score (nSPS) is 25.1. The van der Waals surface area contributed by atoms with Gasteiger partial charge >= 0.3 is 0 Å². The monoisotopic (exact) mass is 308 g/mol. The molecule has 2 aliphatic rings. The zero-order valence-electron chi connectivity index (χ0n) is 12.8. The summed E-state index contributed by atoms with van der Waals surface area (Å²) in [5, 5.41) is 10.2. The van der Waals surface area contributed by atoms with Crippen molar-refractivity contribution in [1.82, 2.24) is 9.80 Å². The zero-order chi connectivity index (χ0) is 15.4. The highest BCUT2D eigenvalue weighted by atomic mass is 16.5. The first-order chi connectivity index (χ1) is 10.7. The molecule has 1 aromatic rings. The lowest BCUT2D eigenvalue weighted by Crippen LogP contribution is -2.42. The van der Waals surface area contributed by atoms with Crippen molar-refractivity contribution in [3.8, 4) is 0 Å². The number of hydrogen-bond acceptors (Lipinski definition) is 5. The van der Waals surface area contributed by atoms with Gasteiger partial charge in [0.05, 0.1) is 18.9 Å². The standard InChI is InChI=1S/C16H24N2O4/c19-14-10-17(12-15-2-1-7-22-15)5-6-18(11-14)16(20)13-3-8-21-9-4-13/h1-2,7,13-14,19H,3-6,8-12H2/t14-/m0/s1. The molecule has 6 heteroatoms. The van der Waals surface area contributed by atoms with Crippen LogP contribution < -0.4 is 0 Å². The maximum Gasteiger partial charge on any atom is 0.225 e. The number of rotatable bonds is 3. The lowest BCUT2D eigenvalue weighted by Gasteiger charge is -2.29. The molecule has 3 heterocycles. The van der Waals surface area contributed by atoms with Gasteiger partial charge in [-0.2, -0.15) is 0 Å². The fourth-order valence-corrected chi connectivity index (χ4v) is 3.22. The summed E-state index contributed by atoms with van der Waals surface area (Å²) < 4.78 is 10.7. The molecule has 0 radical (unpaired) electrons. The number of furan rings is 1. The number of carbonyl (C=O) groups is 1. The molecule has 122 valence electrons. The van der Waals surface area contributed by atoms with E-state index in [9.17, 15) is 9.90 Å². The first-order valence-electron chi connectivity index (χ1n) is 8.01. The number of aliphatic hydroxyl groups excluding tert-OH is 1. The molecular formula is C16H24N2O4. The van der Waals surface area contributed by atoms with Crippen molar-refractivity contribution in [1.29, 1.82) is 0 Å². The first kappa shape index (κ1) is 15.5. The molecule has 1 amide bonds. The van der Waals surface area contributed by atoms with Crippen LogP contribution in [0.4, 0.5) is 0 Å². The zero-order valence-corrected chi connectivity index (χ0v) is 12.8. The Morgan fingerprint density at radius 1 is 1.27 bits per heavy atom. The van der Waals surface area contributed by atoms with Crippen molar-refractivity contribution in [3.63, 3.8) is 0 Å². The van der Waals surface area contributed by atoms with E-state index in [4.69, 9.17) is 9.15 Å². The molecule has 1 N–H and O–H groups in total. The van der Waals surface area contributed by atoms with Crippen LogP contribution in [0.15, 0.2) is 22.8 Å². The average molecular weight is 308 g/mol. The lowest BCUT2D eigenvalue weighted by molar-refractivity contribution is -0.139. The summed E-state index contributed by atoms with van der Waals surface area (Å²) in [5.41, 5.74) is 0. The second-order valence-corrected chi connectivity index (χ2v) is 6.14. The van der Waals surface area contributed by atoms with E-state index in [1.54, 1.807) is 6.26 Å². The third-order valence-electron chi connectivity index (χ3n) is 4.43. The van der Waals surface area contributed by atoms with Crippen LogP contribution in [0, 0.1) is 5.92 Å². The molecule has 22 heavy (non-hydrogen) atoms. The maximum atomic E-state index is 12.6. The minimum atomic E-state index is -0.513. The third kappa shape index (κ3) is 3.88. The minimum absolute atomic E-state index is 0.0533. The van der Waals surface area contributed by atoms with Crippen molar-refractivity contribution in [2.75, 3.05) is 39.4 Å². The van der Waals surface area contributed by atoms with E-state index in [1.165, 1.54) is 0 Å². The highest BCUT2D eigenvalue weighted by Crippen LogP contribution is 2.19. The second-order valence-electron chi connectivity index (χ2n) is 6.14. The molecule has 1 atom stereocenters. The molecule has 2 aliphatic heterocycles. The predicted molar refractivity (Wildman–Crippen MR) is 80.1 cm³/mol. The third-order valence-corrected chi connectivity index (χ3v) is 4.43. The number of amides is 1. The van der Waals surface area contributed by atoms with Gasteiger partial charge in [-0.15, -0.1) is 0 Å². The highest BCUT2D eigenvalue weighted by molar-refractivity contribution is 5.79. The average Bonchev–Trinajstić information content (AvgIpc) is 2.97. The van der Waals surface area contributed by atoms with Gasteiger partial charge in [-0.25, -0.2) is 0 Å². The van der Waals surface area contributed by atoms with Crippen LogP contribution in [-0.2, 0) is 16.1 Å². The molecule has 0 unspecified atom stereocenters. The number of carbonyl (C=O) groups excluding carboxylic acids is 1. The van der Waals surface area contributed by atoms with Crippen LogP contribution in [-0.4, -0.2) is 66.3 Å². The largest absolute Gasteiger partial charge is 0.468 e. The van der Waals surface area contributed by atoms with Gasteiger partial charge < -0.3 is 19.2 Å². The van der Waals surface area contributed by atoms with Gasteiger partial charge in [-0.1, -0.05) is 0 Å². The van der Waals surface area contributed by atoms with Crippen molar-refractivity contribution in [2.45, 2.75) is 25.5 Å². The van der Waals surface area contributed by atoms with Crippen molar-refractivity contribution in [2.24, 2.45) is 5.92 Å². The van der Waals surface area contributed by atoms with Crippen LogP contribution >= 0.6 is 0 Å². The second kappa shape index (κ2) is 7.26. The Morgan fingerprint density at radius 2 is 2.09 bits per heavy atom. The highest BCUT2D eigenvalue weighted by Gasteiger charge is 2.30. The Bertz CT molecular complexity index is 471. The van der Waals surface area contributed by atoms with Gasteiger partial charge in [0, 0.05) is 45.3 Å². The van der Waals surface area contributed by atoms with E-state index in [0.29, 0.717) is 39.4 Å². The molecule has 0 bridgehead atoms. The van der Waals surface area contributed by atoms with Crippen LogP contribution in [0.5, 0.6) is 0 Å². The fraction of sp³-hybridized carbons (Fsp3) is 0.688. The summed E-state index contributed by atoms with van der Waals surface area (Å²) in [4.78, 5) is 16.6. The SMILES string of the molecule is O=C(C1CCOCC1)N1CCN(Cc2ccco2)C[C@H](O)C1. The Morgan fingerprint density at radius 3 is 2.82 bits per heavy atom. The Hall–Kier alpha value is -1.37. The van der Waals surface area contributed by atoms with Crippen molar-refractivity contribution in [3.05, 3.63) is 24.2 Å². The maximum absolute atomic E-state index is 12.6. The topological polar surface area (TPSA) is 66.2 Å². The summed E-state index contributed by atoms with van der Waals surface area (Å²) in [6, 6.07) is 3.80. The Labute approximate surface area is 130 Å². The van der Waals surface area contributed by atoms with E-state index in [1.807, 2.05) is 17.0 Å². The van der Waals surface area contributed by atoms with Gasteiger partial charge in [0.25, 0.3) is 0 Å². The van der Waals surface area contributed by atoms with E-state index >= 15 is 0 Å². The van der Waals surface area contributed by atoms with Crippen LogP contribution in [0.25, 0.3) is 0 Å². The molecule has 6 nitrogen and oxygen atoms in total. The number of aliphatic hydroxyl groups is 1. The molecule has 2 saturated heterocycles. The minimum Gasteiger partial charge on any atom is -0.468 e. The molecule has 0 spiro atoms. The van der Waals surface area contributed by atoms with Gasteiger partial charge in [-0.05, 0) is 25.0 Å². The number of hydrogen-bond donors (Lipinski definition) is 1. The lowest BCUT2D eigenvalue weighted by atomic mass is 9.98. The van der Waals surface area contributed by atoms with Crippen LogP contribution in [0.1, 0.15) is 18.6 Å². The van der Waals surface area contributed by atoms with Crippen LogP contribution in [0.3, 0.4) is 0 Å². The summed E-state index contributed by atoms with van der Waals surface area (Å²) in [6.07, 6.45) is 2.73. The summed E-state index contributed by atoms with van der Waals surface area (Å²) >= 11 is 0. The predicted octanol–water partition coefficient (Wildman–Crippen LogP) is 0.711. The summed E-state index contributed by atoms with van der Waals surface area (Å²) in [7, 11) is 0. The molecule has 3 rings (SSSR count). The first-order valence-corrected chi connectivity index (χ1v) is 8.01. The summed E-state index contributed by atoms with van der Waals surface area (Å²) in [6.45, 7) is 4.40. The molecule has 0 aromatic carbocycles. The molecule has 2 fully saturated rings. The van der Waals surface area contributed by atoms with Crippen LogP contribution in [0.2, 0.25) is 0 Å². The molecular weight excluding hydrogens is 284 g/mol. The Kier molecular flexibility index (Phi) is 5.12. The van der Waals surface area contributed by atoms with E-state index in [2.05, 4.69) is 4.90 Å². The number of β-amino-alcohol motifs (C(OH)–C–C–N with tert-alkyl or cyclic N) is 1. The van der Waals surface area contributed by atoms with E-state index in [-0.39, 0.29) is 11.8 Å². The van der Waals surface area contributed by atoms with E-state index in [0.717, 1.165) is 25.1 Å². The molecule has 0 saturated carbocycles. The van der Waals surface area contributed by atoms with Crippen molar-refractivity contribution < 1.29 is 19.1 Å². The van der Waals surface area contributed by atoms with Gasteiger partial charge in [-0.3, -0.25) is 9.69 Å². The van der Waals surface area contributed by atoms with Gasteiger partial charge in [0.2, 0.25) is 5.91 Å². The quantitative estimate of drug-likeness (QED) is 0.891. The molecule has 0 aliphatic carbocycles. The number of ether oxygens (including phenoxy) is 1. The van der Waals surface area contributed by atoms with Crippen molar-refractivity contribution >= 4 is 5.91 Å². The summed E-state index contributed by atoms with van der Waals surface area (Å²) in [5.74, 6) is 1.11. The van der Waals surface area contributed by atoms with Gasteiger partial charge in [0.1, 0.15) is 5.76 Å². The number of nitrogens with zero attached hydrogens (tertiary/aromatic N) is 2. The fourth-order valence-electron chi connectivity index (χ4n) is 3.22. The smallest absolute Gasteiger partial charge is 0.225 e. The Balaban J connectivity index is 1.57. The molecule has 1 aromatic heterocycles.